The molecule has 0 aromatic carbocycles. The van der Waals surface area contributed by atoms with Crippen molar-refractivity contribution in [2.24, 2.45) is 0 Å². The third-order valence-electron chi connectivity index (χ3n) is 3.86. The van der Waals surface area contributed by atoms with Gasteiger partial charge in [0.2, 0.25) is 0 Å². The number of rotatable bonds is 7. The fraction of sp³-hybridized carbons (Fsp3) is 0.333. The Morgan fingerprint density at radius 1 is 1.32 bits per heavy atom. The van der Waals surface area contributed by atoms with Crippen LogP contribution < -0.4 is 16.2 Å². The van der Waals surface area contributed by atoms with E-state index >= 15 is 0 Å². The van der Waals surface area contributed by atoms with Gasteiger partial charge in [0.25, 0.3) is 5.56 Å². The minimum atomic E-state index is 0.0156. The molecular formula is C21H29N5O2. The molecule has 0 aliphatic rings. The van der Waals surface area contributed by atoms with E-state index < -0.39 is 0 Å². The Labute approximate surface area is 165 Å². The summed E-state index contributed by atoms with van der Waals surface area (Å²) in [5.74, 6) is 0.546. The van der Waals surface area contributed by atoms with Crippen molar-refractivity contribution in [2.45, 2.75) is 40.3 Å². The van der Waals surface area contributed by atoms with Crippen LogP contribution in [0.1, 0.15) is 52.3 Å². The lowest BCUT2D eigenvalue weighted by molar-refractivity contribution is 0.112. The summed E-state index contributed by atoms with van der Waals surface area (Å²) in [6.45, 7) is 12.0. The van der Waals surface area contributed by atoms with Gasteiger partial charge in [-0.1, -0.05) is 6.58 Å². The number of aromatic amines is 1. The van der Waals surface area contributed by atoms with E-state index in [9.17, 15) is 9.59 Å². The van der Waals surface area contributed by atoms with Crippen LogP contribution in [-0.4, -0.2) is 35.6 Å². The average molecular weight is 383 g/mol. The number of anilines is 1. The first-order valence-corrected chi connectivity index (χ1v) is 9.01. The van der Waals surface area contributed by atoms with Crippen LogP contribution in [0.2, 0.25) is 0 Å². The van der Waals surface area contributed by atoms with Gasteiger partial charge in [0, 0.05) is 41.2 Å². The van der Waals surface area contributed by atoms with Gasteiger partial charge in [-0.05, 0) is 58.5 Å². The average Bonchev–Trinajstić information content (AvgIpc) is 2.63. The predicted octanol–water partition coefficient (Wildman–Crippen LogP) is 3.07. The summed E-state index contributed by atoms with van der Waals surface area (Å²) < 4.78 is 0. The van der Waals surface area contributed by atoms with Crippen LogP contribution in [0.25, 0.3) is 6.08 Å². The predicted molar refractivity (Wildman–Crippen MR) is 116 cm³/mol. The molecule has 150 valence electrons. The summed E-state index contributed by atoms with van der Waals surface area (Å²) in [4.78, 5) is 29.3. The van der Waals surface area contributed by atoms with Crippen molar-refractivity contribution in [1.29, 1.82) is 5.41 Å². The zero-order valence-electron chi connectivity index (χ0n) is 17.1. The Bertz CT molecular complexity index is 900. The second-order valence-electron chi connectivity index (χ2n) is 6.64. The molecule has 0 aliphatic heterocycles. The van der Waals surface area contributed by atoms with Gasteiger partial charge in [0.1, 0.15) is 5.82 Å². The number of aromatic nitrogens is 2. The Morgan fingerprint density at radius 2 is 2.00 bits per heavy atom. The molecule has 0 radical (unpaired) electrons. The second-order valence-corrected chi connectivity index (χ2v) is 6.64. The molecule has 0 saturated carbocycles. The molecule has 2 rings (SSSR count). The van der Waals surface area contributed by atoms with Crippen molar-refractivity contribution in [1.82, 2.24) is 15.3 Å². The fourth-order valence-electron chi connectivity index (χ4n) is 2.61. The van der Waals surface area contributed by atoms with Crippen LogP contribution in [0, 0.1) is 19.3 Å². The molecule has 0 spiro atoms. The first kappa shape index (κ1) is 23.0. The zero-order valence-corrected chi connectivity index (χ0v) is 17.1. The number of aldehydes is 1. The van der Waals surface area contributed by atoms with E-state index in [0.29, 0.717) is 29.2 Å². The summed E-state index contributed by atoms with van der Waals surface area (Å²) in [6, 6.07) is 3.78. The van der Waals surface area contributed by atoms with Crippen molar-refractivity contribution >= 4 is 24.4 Å². The maximum atomic E-state index is 11.4. The molecule has 7 heteroatoms. The quantitative estimate of drug-likeness (QED) is 0.434. The molecule has 4 N–H and O–H groups in total. The number of pyridine rings is 2. The highest BCUT2D eigenvalue weighted by Gasteiger charge is 2.10. The number of nitrogens with one attached hydrogen (secondary N) is 4. The van der Waals surface area contributed by atoms with Gasteiger partial charge in [-0.15, -0.1) is 0 Å². The van der Waals surface area contributed by atoms with Gasteiger partial charge in [-0.2, -0.15) is 0 Å². The molecule has 2 heterocycles. The lowest BCUT2D eigenvalue weighted by Gasteiger charge is -2.13. The highest BCUT2D eigenvalue weighted by Crippen LogP contribution is 2.17. The summed E-state index contributed by atoms with van der Waals surface area (Å²) in [6.07, 6.45) is 3.43. The molecule has 0 atom stereocenters. The number of hydrogen-bond acceptors (Lipinski definition) is 6. The molecule has 7 nitrogen and oxygen atoms in total. The molecule has 0 bridgehead atoms. The Morgan fingerprint density at radius 3 is 2.46 bits per heavy atom. The molecule has 2 aromatic rings. The van der Waals surface area contributed by atoms with Gasteiger partial charge in [0.05, 0.1) is 5.69 Å². The highest BCUT2D eigenvalue weighted by atomic mass is 16.1. The van der Waals surface area contributed by atoms with Gasteiger partial charge in [-0.25, -0.2) is 4.98 Å². The van der Waals surface area contributed by atoms with Crippen LogP contribution in [0.5, 0.6) is 0 Å². The van der Waals surface area contributed by atoms with E-state index in [1.807, 2.05) is 40.8 Å². The standard InChI is InChI=1S/C12H15N3O.C9H14N2O/c1-4-10-5-9(7-16)11(6-13)12(15-10)14-8(2)3;1-6-4-7(2)11-9(12)8(6)5-10-3/h4-8,13H,1H2,2-3H3,(H,14,15);4,10H,5H2,1-3H3,(H,11,12). The first-order chi connectivity index (χ1) is 13.3. The normalized spacial score (nSPS) is 10.1. The number of nitrogens with zero attached hydrogens (tertiary/aromatic N) is 1. The smallest absolute Gasteiger partial charge is 0.252 e. The molecule has 0 aliphatic carbocycles. The molecule has 0 unspecified atom stereocenters. The number of hydrogen-bond donors (Lipinski definition) is 4. The fourth-order valence-corrected chi connectivity index (χ4v) is 2.61. The Hall–Kier alpha value is -3.06. The lowest BCUT2D eigenvalue weighted by atomic mass is 10.1. The maximum absolute atomic E-state index is 11.4. The van der Waals surface area contributed by atoms with E-state index in [1.165, 1.54) is 0 Å². The molecule has 0 saturated heterocycles. The van der Waals surface area contributed by atoms with Crippen molar-refractivity contribution in [3.8, 4) is 0 Å². The second kappa shape index (κ2) is 10.9. The van der Waals surface area contributed by atoms with Crippen molar-refractivity contribution in [3.05, 3.63) is 62.7 Å². The SMILES string of the molecule is C=Cc1cc(C=O)c(C=N)c(NC(C)C)n1.CNCc1c(C)cc(C)[nH]c1=O. The van der Waals surface area contributed by atoms with Crippen molar-refractivity contribution in [3.63, 3.8) is 0 Å². The van der Waals surface area contributed by atoms with Crippen LogP contribution >= 0.6 is 0 Å². The van der Waals surface area contributed by atoms with Gasteiger partial charge in [-0.3, -0.25) is 9.59 Å². The van der Waals surface area contributed by atoms with Gasteiger partial charge in [0.15, 0.2) is 6.29 Å². The number of aryl methyl sites for hydroxylation is 2. The number of carbonyl (C=O) groups is 1. The Balaban J connectivity index is 0.000000292. The van der Waals surface area contributed by atoms with E-state index in [-0.39, 0.29) is 11.6 Å². The van der Waals surface area contributed by atoms with E-state index in [1.54, 1.807) is 12.1 Å². The third-order valence-corrected chi connectivity index (χ3v) is 3.86. The number of carbonyl (C=O) groups excluding carboxylic acids is 1. The first-order valence-electron chi connectivity index (χ1n) is 9.01. The minimum absolute atomic E-state index is 0.0156. The van der Waals surface area contributed by atoms with Crippen molar-refractivity contribution < 1.29 is 4.79 Å². The van der Waals surface area contributed by atoms with Gasteiger partial charge < -0.3 is 21.0 Å². The lowest BCUT2D eigenvalue weighted by Crippen LogP contribution is -2.20. The van der Waals surface area contributed by atoms with E-state index in [0.717, 1.165) is 29.3 Å². The monoisotopic (exact) mass is 383 g/mol. The van der Waals surface area contributed by atoms with Crippen LogP contribution in [0.15, 0.2) is 23.5 Å². The molecule has 2 aromatic heterocycles. The van der Waals surface area contributed by atoms with E-state index in [4.69, 9.17) is 5.41 Å². The highest BCUT2D eigenvalue weighted by molar-refractivity contribution is 5.96. The van der Waals surface area contributed by atoms with Crippen LogP contribution in [0.3, 0.4) is 0 Å². The maximum Gasteiger partial charge on any atom is 0.252 e. The van der Waals surface area contributed by atoms with E-state index in [2.05, 4.69) is 27.2 Å². The zero-order chi connectivity index (χ0) is 21.3. The third kappa shape index (κ3) is 6.28. The van der Waals surface area contributed by atoms with Crippen molar-refractivity contribution in [2.75, 3.05) is 12.4 Å². The molecule has 0 amide bonds. The van der Waals surface area contributed by atoms with Crippen LogP contribution in [-0.2, 0) is 6.54 Å². The van der Waals surface area contributed by atoms with Gasteiger partial charge >= 0.3 is 0 Å². The number of H-pyrrole nitrogens is 1. The Kier molecular flexibility index (Phi) is 8.98. The summed E-state index contributed by atoms with van der Waals surface area (Å²) in [5, 5.41) is 13.4. The largest absolute Gasteiger partial charge is 0.367 e. The molecule has 28 heavy (non-hydrogen) atoms. The molecule has 0 fully saturated rings. The summed E-state index contributed by atoms with van der Waals surface area (Å²) in [5.41, 5.74) is 4.38. The summed E-state index contributed by atoms with van der Waals surface area (Å²) in [7, 11) is 1.83. The van der Waals surface area contributed by atoms with Crippen LogP contribution in [0.4, 0.5) is 5.82 Å². The molecular weight excluding hydrogens is 354 g/mol. The topological polar surface area (TPSA) is 111 Å². The minimum Gasteiger partial charge on any atom is -0.367 e. The summed E-state index contributed by atoms with van der Waals surface area (Å²) >= 11 is 0.